The zero-order valence-electron chi connectivity index (χ0n) is 16.3. The highest BCUT2D eigenvalue weighted by molar-refractivity contribution is 9.10. The second kappa shape index (κ2) is 8.04. The van der Waals surface area contributed by atoms with Crippen LogP contribution in [-0.2, 0) is 16.6 Å². The van der Waals surface area contributed by atoms with Crippen LogP contribution in [0.2, 0.25) is 0 Å². The van der Waals surface area contributed by atoms with Crippen molar-refractivity contribution in [1.29, 1.82) is 0 Å². The van der Waals surface area contributed by atoms with Gasteiger partial charge in [-0.25, -0.2) is 8.42 Å². The molecule has 4 rings (SSSR count). The number of aromatic nitrogens is 3. The molecule has 0 amide bonds. The van der Waals surface area contributed by atoms with Gasteiger partial charge in [0.25, 0.3) is 0 Å². The SMILES string of the molecule is CC1CC(C)CN(S(=O)(=O)c2ccc3nnn(OCc4ccc(Br)cc4)c3c2)C1. The molecule has 2 unspecified atom stereocenters. The number of fused-ring (bicyclic) bond motifs is 1. The minimum Gasteiger partial charge on any atom is -0.390 e. The fraction of sp³-hybridized carbons (Fsp3) is 0.400. The maximum absolute atomic E-state index is 13.2. The summed E-state index contributed by atoms with van der Waals surface area (Å²) in [5.41, 5.74) is 2.08. The quantitative estimate of drug-likeness (QED) is 0.560. The van der Waals surface area contributed by atoms with Crippen molar-refractivity contribution in [2.75, 3.05) is 13.1 Å². The van der Waals surface area contributed by atoms with Crippen molar-refractivity contribution in [3.8, 4) is 0 Å². The van der Waals surface area contributed by atoms with Gasteiger partial charge in [-0.2, -0.15) is 4.31 Å². The Morgan fingerprint density at radius 1 is 1.10 bits per heavy atom. The van der Waals surface area contributed by atoms with E-state index in [0.717, 1.165) is 16.5 Å². The molecule has 3 aromatic rings. The Morgan fingerprint density at radius 2 is 1.79 bits per heavy atom. The lowest BCUT2D eigenvalue weighted by atomic mass is 9.94. The average Bonchev–Trinajstić information content (AvgIpc) is 3.09. The summed E-state index contributed by atoms with van der Waals surface area (Å²) < 4.78 is 29.0. The minimum absolute atomic E-state index is 0.238. The molecule has 1 fully saturated rings. The van der Waals surface area contributed by atoms with Crippen LogP contribution >= 0.6 is 15.9 Å². The first-order valence-electron chi connectivity index (χ1n) is 9.56. The van der Waals surface area contributed by atoms with Gasteiger partial charge in [0.05, 0.1) is 4.90 Å². The van der Waals surface area contributed by atoms with E-state index in [-0.39, 0.29) is 4.90 Å². The van der Waals surface area contributed by atoms with Crippen LogP contribution in [0.3, 0.4) is 0 Å². The van der Waals surface area contributed by atoms with Crippen LogP contribution < -0.4 is 4.84 Å². The van der Waals surface area contributed by atoms with Crippen LogP contribution in [0.25, 0.3) is 11.0 Å². The fourth-order valence-electron chi connectivity index (χ4n) is 3.80. The lowest BCUT2D eigenvalue weighted by molar-refractivity contribution is 0.0751. The minimum atomic E-state index is -3.58. The van der Waals surface area contributed by atoms with E-state index in [4.69, 9.17) is 4.84 Å². The number of nitrogens with zero attached hydrogens (tertiary/aromatic N) is 4. The summed E-state index contributed by atoms with van der Waals surface area (Å²) in [4.78, 5) is 7.28. The molecule has 0 spiro atoms. The van der Waals surface area contributed by atoms with Crippen molar-refractivity contribution in [1.82, 2.24) is 19.5 Å². The molecule has 1 saturated heterocycles. The predicted octanol–water partition coefficient (Wildman–Crippen LogP) is 3.49. The van der Waals surface area contributed by atoms with Crippen LogP contribution in [0.4, 0.5) is 0 Å². The highest BCUT2D eigenvalue weighted by atomic mass is 79.9. The maximum atomic E-state index is 13.2. The number of benzene rings is 2. The molecule has 0 bridgehead atoms. The molecule has 2 aromatic carbocycles. The Hall–Kier alpha value is -1.97. The number of sulfonamides is 1. The number of piperidine rings is 1. The molecule has 29 heavy (non-hydrogen) atoms. The van der Waals surface area contributed by atoms with Crippen molar-refractivity contribution in [3.05, 3.63) is 52.5 Å². The van der Waals surface area contributed by atoms with Crippen LogP contribution in [0.5, 0.6) is 0 Å². The molecule has 2 heterocycles. The summed E-state index contributed by atoms with van der Waals surface area (Å²) in [6.07, 6.45) is 1.05. The number of hydrogen-bond donors (Lipinski definition) is 0. The largest absolute Gasteiger partial charge is 0.390 e. The lowest BCUT2D eigenvalue weighted by Gasteiger charge is -2.34. The molecule has 7 nitrogen and oxygen atoms in total. The van der Waals surface area contributed by atoms with Gasteiger partial charge in [-0.15, -0.1) is 5.10 Å². The third kappa shape index (κ3) is 4.31. The molecule has 1 aliphatic heterocycles. The van der Waals surface area contributed by atoms with Gasteiger partial charge in [0.1, 0.15) is 17.6 Å². The number of rotatable bonds is 5. The van der Waals surface area contributed by atoms with Crippen LogP contribution in [0, 0.1) is 11.8 Å². The van der Waals surface area contributed by atoms with Crippen LogP contribution in [0.15, 0.2) is 51.8 Å². The zero-order chi connectivity index (χ0) is 20.6. The van der Waals surface area contributed by atoms with Crippen molar-refractivity contribution < 1.29 is 13.3 Å². The van der Waals surface area contributed by atoms with Crippen molar-refractivity contribution in [2.45, 2.75) is 31.8 Å². The smallest absolute Gasteiger partial charge is 0.243 e. The van der Waals surface area contributed by atoms with E-state index in [1.807, 2.05) is 24.3 Å². The van der Waals surface area contributed by atoms with Gasteiger partial charge in [0.2, 0.25) is 10.0 Å². The van der Waals surface area contributed by atoms with E-state index in [2.05, 4.69) is 40.1 Å². The molecular weight excluding hydrogens is 456 g/mol. The normalized spacial score (nSPS) is 20.8. The van der Waals surface area contributed by atoms with Gasteiger partial charge < -0.3 is 4.84 Å². The first-order valence-corrected chi connectivity index (χ1v) is 11.8. The first kappa shape index (κ1) is 20.3. The lowest BCUT2D eigenvalue weighted by Crippen LogP contribution is -2.42. The highest BCUT2D eigenvalue weighted by Gasteiger charge is 2.32. The van der Waals surface area contributed by atoms with Gasteiger partial charge in [-0.1, -0.05) is 46.8 Å². The topological polar surface area (TPSA) is 77.3 Å². The maximum Gasteiger partial charge on any atom is 0.243 e. The summed E-state index contributed by atoms with van der Waals surface area (Å²) in [6, 6.07) is 12.6. The van der Waals surface area contributed by atoms with Gasteiger partial charge in [-0.05, 0) is 59.4 Å². The third-order valence-electron chi connectivity index (χ3n) is 5.13. The van der Waals surface area contributed by atoms with Gasteiger partial charge >= 0.3 is 0 Å². The Balaban J connectivity index is 1.60. The Labute approximate surface area is 178 Å². The summed E-state index contributed by atoms with van der Waals surface area (Å²) in [5, 5.41) is 8.09. The number of hydrogen-bond acceptors (Lipinski definition) is 5. The molecule has 9 heteroatoms. The molecular formula is C20H23BrN4O3S. The molecule has 1 aliphatic rings. The fourth-order valence-corrected chi connectivity index (χ4v) is 5.77. The summed E-state index contributed by atoms with van der Waals surface area (Å²) in [7, 11) is -3.58. The summed E-state index contributed by atoms with van der Waals surface area (Å²) in [5.74, 6) is 0.692. The van der Waals surface area contributed by atoms with Gasteiger partial charge in [0.15, 0.2) is 0 Å². The predicted molar refractivity (Wildman–Crippen MR) is 114 cm³/mol. The van der Waals surface area contributed by atoms with E-state index in [9.17, 15) is 8.42 Å². The van der Waals surface area contributed by atoms with E-state index >= 15 is 0 Å². The second-order valence-electron chi connectivity index (χ2n) is 7.78. The molecule has 154 valence electrons. The molecule has 0 aliphatic carbocycles. The average molecular weight is 479 g/mol. The second-order valence-corrected chi connectivity index (χ2v) is 10.6. The first-order chi connectivity index (χ1) is 13.8. The van der Waals surface area contributed by atoms with Crippen LogP contribution in [-0.4, -0.2) is 41.0 Å². The summed E-state index contributed by atoms with van der Waals surface area (Å²) >= 11 is 3.41. The van der Waals surface area contributed by atoms with E-state index < -0.39 is 10.0 Å². The Bertz CT molecular complexity index is 1100. The molecule has 0 saturated carbocycles. The molecule has 2 atom stereocenters. The Morgan fingerprint density at radius 3 is 2.48 bits per heavy atom. The zero-order valence-corrected chi connectivity index (χ0v) is 18.7. The Kier molecular flexibility index (Phi) is 5.63. The highest BCUT2D eigenvalue weighted by Crippen LogP contribution is 2.28. The van der Waals surface area contributed by atoms with Crippen molar-refractivity contribution >= 4 is 37.0 Å². The van der Waals surface area contributed by atoms with Crippen molar-refractivity contribution in [2.24, 2.45) is 11.8 Å². The van der Waals surface area contributed by atoms with Crippen LogP contribution in [0.1, 0.15) is 25.8 Å². The van der Waals surface area contributed by atoms with Crippen molar-refractivity contribution in [3.63, 3.8) is 0 Å². The standard InChI is InChI=1S/C20H23BrN4O3S/c1-14-9-15(2)12-24(11-14)29(26,27)18-7-8-19-20(10-18)25(23-22-19)28-13-16-3-5-17(21)6-4-16/h3-8,10,14-15H,9,11-13H2,1-2H3. The summed E-state index contributed by atoms with van der Waals surface area (Å²) in [6.45, 7) is 5.57. The molecule has 0 N–H and O–H groups in total. The van der Waals surface area contributed by atoms with Gasteiger partial charge in [0, 0.05) is 17.6 Å². The third-order valence-corrected chi connectivity index (χ3v) is 7.48. The van der Waals surface area contributed by atoms with E-state index in [0.29, 0.717) is 42.6 Å². The van der Waals surface area contributed by atoms with E-state index in [1.165, 1.54) is 4.85 Å². The molecule has 0 radical (unpaired) electrons. The molecule has 1 aromatic heterocycles. The number of halogens is 1. The van der Waals surface area contributed by atoms with Gasteiger partial charge in [-0.3, -0.25) is 0 Å². The monoisotopic (exact) mass is 478 g/mol. The van der Waals surface area contributed by atoms with E-state index in [1.54, 1.807) is 22.5 Å².